The summed E-state index contributed by atoms with van der Waals surface area (Å²) in [5, 5.41) is 16.5. The van der Waals surface area contributed by atoms with Crippen LogP contribution in [-0.4, -0.2) is 57.3 Å². The second-order valence-electron chi connectivity index (χ2n) is 8.63. The van der Waals surface area contributed by atoms with Gasteiger partial charge in [0.05, 0.1) is 18.3 Å². The number of rotatable bonds is 6. The Hall–Kier alpha value is -3.65. The average molecular weight is 470 g/mol. The highest BCUT2D eigenvalue weighted by Crippen LogP contribution is 2.34. The lowest BCUT2D eigenvalue weighted by molar-refractivity contribution is -0.144. The highest BCUT2D eigenvalue weighted by molar-refractivity contribution is 5.93. The summed E-state index contributed by atoms with van der Waals surface area (Å²) < 4.78 is 45.8. The van der Waals surface area contributed by atoms with Gasteiger partial charge in [0.15, 0.2) is 5.82 Å². The molecule has 0 unspecified atom stereocenters. The number of nitriles is 1. The van der Waals surface area contributed by atoms with Crippen LogP contribution in [0.5, 0.6) is 5.75 Å². The number of anilines is 1. The Kier molecular flexibility index (Phi) is 5.61. The number of nitrogens with one attached hydrogen (secondary N) is 1. The predicted octanol–water partition coefficient (Wildman–Crippen LogP) is 3.63. The number of hydrogen-bond acceptors (Lipinski definition) is 6. The number of alkyl halides is 3. The molecule has 0 aromatic carbocycles. The number of carbonyl (C=O) groups is 1. The molecule has 0 bridgehead atoms. The molecule has 5 rings (SSSR count). The second kappa shape index (κ2) is 8.61. The average Bonchev–Trinajstić information content (AvgIpc) is 3.44. The first-order valence-electron chi connectivity index (χ1n) is 10.9. The van der Waals surface area contributed by atoms with Crippen molar-refractivity contribution in [3.8, 4) is 22.9 Å². The molecule has 1 aliphatic carbocycles. The Labute approximate surface area is 192 Å². The summed E-state index contributed by atoms with van der Waals surface area (Å²) in [6.07, 6.45) is 0.735. The third-order valence-electron chi connectivity index (χ3n) is 5.88. The van der Waals surface area contributed by atoms with Crippen molar-refractivity contribution in [2.45, 2.75) is 31.5 Å². The van der Waals surface area contributed by atoms with E-state index in [2.05, 4.69) is 15.4 Å². The van der Waals surface area contributed by atoms with Crippen LogP contribution in [0, 0.1) is 17.2 Å². The Morgan fingerprint density at radius 2 is 2.09 bits per heavy atom. The van der Waals surface area contributed by atoms with Crippen LogP contribution in [0.4, 0.5) is 19.0 Å². The molecule has 8 nitrogen and oxygen atoms in total. The molecule has 1 saturated carbocycles. The number of aromatic nitrogens is 3. The number of halogens is 3. The van der Waals surface area contributed by atoms with Gasteiger partial charge in [-0.25, -0.2) is 9.50 Å². The molecule has 0 radical (unpaired) electrons. The van der Waals surface area contributed by atoms with Gasteiger partial charge < -0.3 is 10.1 Å². The summed E-state index contributed by atoms with van der Waals surface area (Å²) in [5.74, 6) is 0.866. The number of ether oxygens (including phenoxy) is 1. The zero-order valence-corrected chi connectivity index (χ0v) is 18.0. The van der Waals surface area contributed by atoms with E-state index in [1.54, 1.807) is 28.9 Å². The first-order chi connectivity index (χ1) is 16.3. The molecule has 2 fully saturated rings. The normalized spacial score (nSPS) is 18.7. The van der Waals surface area contributed by atoms with Crippen molar-refractivity contribution in [2.75, 3.05) is 25.0 Å². The molecule has 4 heterocycles. The van der Waals surface area contributed by atoms with Gasteiger partial charge in [0.1, 0.15) is 23.6 Å². The molecule has 3 aromatic rings. The van der Waals surface area contributed by atoms with Gasteiger partial charge >= 0.3 is 6.18 Å². The topological polar surface area (TPSA) is 95.5 Å². The number of pyridine rings is 2. The third-order valence-corrected chi connectivity index (χ3v) is 5.88. The Morgan fingerprint density at radius 1 is 1.26 bits per heavy atom. The maximum Gasteiger partial charge on any atom is 0.401 e. The Balaban J connectivity index is 1.39. The van der Waals surface area contributed by atoms with Crippen LogP contribution in [0.3, 0.4) is 0 Å². The number of likely N-dealkylation sites (tertiary alicyclic amines) is 1. The summed E-state index contributed by atoms with van der Waals surface area (Å²) in [6, 6.07) is 8.98. The molecule has 1 saturated heterocycles. The smallest absolute Gasteiger partial charge is 0.401 e. The van der Waals surface area contributed by atoms with E-state index in [0.717, 1.165) is 23.9 Å². The van der Waals surface area contributed by atoms with Crippen molar-refractivity contribution in [3.05, 3.63) is 42.4 Å². The fourth-order valence-corrected chi connectivity index (χ4v) is 4.09. The van der Waals surface area contributed by atoms with Crippen LogP contribution < -0.4 is 10.1 Å². The maximum atomic E-state index is 12.7. The van der Waals surface area contributed by atoms with Gasteiger partial charge in [0, 0.05) is 36.8 Å². The zero-order valence-electron chi connectivity index (χ0n) is 18.0. The summed E-state index contributed by atoms with van der Waals surface area (Å²) in [4.78, 5) is 17.4. The second-order valence-corrected chi connectivity index (χ2v) is 8.63. The largest absolute Gasteiger partial charge is 0.487 e. The van der Waals surface area contributed by atoms with Crippen LogP contribution in [0.25, 0.3) is 16.6 Å². The molecule has 1 aliphatic heterocycles. The quantitative estimate of drug-likeness (QED) is 0.591. The molecule has 0 spiro atoms. The van der Waals surface area contributed by atoms with Crippen LogP contribution >= 0.6 is 0 Å². The fraction of sp³-hybridized carbons (Fsp3) is 0.391. The van der Waals surface area contributed by atoms with Gasteiger partial charge in [-0.3, -0.25) is 9.69 Å². The molecular formula is C23H21F3N6O2. The monoisotopic (exact) mass is 470 g/mol. The number of fused-ring (bicyclic) bond motifs is 1. The van der Waals surface area contributed by atoms with Gasteiger partial charge in [-0.15, -0.1) is 0 Å². The first kappa shape index (κ1) is 22.2. The number of hydrogen-bond donors (Lipinski definition) is 1. The lowest BCUT2D eigenvalue weighted by Gasteiger charge is -2.19. The number of nitrogens with zero attached hydrogens (tertiary/aromatic N) is 5. The minimum absolute atomic E-state index is 0.0387. The standard InChI is InChI=1S/C23H21F3N6O2/c24-23(25,26)13-31-5-4-18(12-31)34-20-11-28-16(10-27)8-19(20)15-3-6-32-17(7-15)9-21(30-32)29-22(33)14-1-2-14/h3,6-9,11,14,18H,1-2,4-5,12-13H2,(H,29,30,33)/t18-/m0/s1. The highest BCUT2D eigenvalue weighted by atomic mass is 19.4. The van der Waals surface area contributed by atoms with E-state index >= 15 is 0 Å². The molecular weight excluding hydrogens is 449 g/mol. The van der Waals surface area contributed by atoms with E-state index in [0.29, 0.717) is 30.1 Å². The van der Waals surface area contributed by atoms with Crippen molar-refractivity contribution >= 4 is 17.2 Å². The Bertz CT molecular complexity index is 1280. The molecule has 3 aromatic heterocycles. The minimum atomic E-state index is -4.26. The van der Waals surface area contributed by atoms with Crippen molar-refractivity contribution in [1.29, 1.82) is 5.26 Å². The van der Waals surface area contributed by atoms with Gasteiger partial charge in [0.25, 0.3) is 0 Å². The maximum absolute atomic E-state index is 12.7. The van der Waals surface area contributed by atoms with Crippen LogP contribution in [0.2, 0.25) is 0 Å². The molecule has 1 atom stereocenters. The van der Waals surface area contributed by atoms with Gasteiger partial charge in [-0.05, 0) is 43.0 Å². The summed E-state index contributed by atoms with van der Waals surface area (Å²) in [6.45, 7) is -0.520. The summed E-state index contributed by atoms with van der Waals surface area (Å²) in [5.41, 5.74) is 2.25. The van der Waals surface area contributed by atoms with Crippen molar-refractivity contribution in [1.82, 2.24) is 19.5 Å². The SMILES string of the molecule is N#Cc1cc(-c2ccn3nc(NC(=O)C4CC4)cc3c2)c(O[C@H]2CCN(CC(F)(F)F)C2)cn1. The highest BCUT2D eigenvalue weighted by Gasteiger charge is 2.35. The summed E-state index contributed by atoms with van der Waals surface area (Å²) in [7, 11) is 0. The Morgan fingerprint density at radius 3 is 2.82 bits per heavy atom. The molecule has 2 aliphatic rings. The first-order valence-corrected chi connectivity index (χ1v) is 10.9. The van der Waals surface area contributed by atoms with Crippen molar-refractivity contribution in [2.24, 2.45) is 5.92 Å². The number of carbonyl (C=O) groups excluding carboxylic acids is 1. The predicted molar refractivity (Wildman–Crippen MR) is 116 cm³/mol. The third kappa shape index (κ3) is 4.97. The zero-order chi connectivity index (χ0) is 23.9. The van der Waals surface area contributed by atoms with Gasteiger partial charge in [-0.2, -0.15) is 23.5 Å². The molecule has 1 N–H and O–H groups in total. The van der Waals surface area contributed by atoms with E-state index in [4.69, 9.17) is 4.74 Å². The summed E-state index contributed by atoms with van der Waals surface area (Å²) >= 11 is 0. The molecule has 34 heavy (non-hydrogen) atoms. The molecule has 176 valence electrons. The van der Waals surface area contributed by atoms with Gasteiger partial charge in [-0.1, -0.05) is 0 Å². The van der Waals surface area contributed by atoms with E-state index in [1.165, 1.54) is 11.1 Å². The lowest BCUT2D eigenvalue weighted by atomic mass is 10.1. The minimum Gasteiger partial charge on any atom is -0.487 e. The lowest BCUT2D eigenvalue weighted by Crippen LogP contribution is -2.33. The van der Waals surface area contributed by atoms with E-state index in [-0.39, 0.29) is 24.1 Å². The van der Waals surface area contributed by atoms with E-state index in [9.17, 15) is 23.2 Å². The van der Waals surface area contributed by atoms with E-state index < -0.39 is 18.8 Å². The van der Waals surface area contributed by atoms with Crippen molar-refractivity contribution in [3.63, 3.8) is 0 Å². The van der Waals surface area contributed by atoms with Crippen LogP contribution in [0.1, 0.15) is 25.0 Å². The van der Waals surface area contributed by atoms with Crippen molar-refractivity contribution < 1.29 is 22.7 Å². The molecule has 1 amide bonds. The molecule has 11 heteroatoms. The fourth-order valence-electron chi connectivity index (χ4n) is 4.09. The number of amides is 1. The van der Waals surface area contributed by atoms with Crippen LogP contribution in [0.15, 0.2) is 36.7 Å². The van der Waals surface area contributed by atoms with Crippen LogP contribution in [-0.2, 0) is 4.79 Å². The van der Waals surface area contributed by atoms with Gasteiger partial charge in [0.2, 0.25) is 5.91 Å². The van der Waals surface area contributed by atoms with E-state index in [1.807, 2.05) is 12.1 Å².